The summed E-state index contributed by atoms with van der Waals surface area (Å²) in [4.78, 5) is 4.03. The van der Waals surface area contributed by atoms with E-state index in [1.54, 1.807) is 18.5 Å². The first-order valence-corrected chi connectivity index (χ1v) is 6.63. The Morgan fingerprint density at radius 2 is 1.95 bits per heavy atom. The van der Waals surface area contributed by atoms with Crippen LogP contribution in [0.15, 0.2) is 61.1 Å². The summed E-state index contributed by atoms with van der Waals surface area (Å²) < 4.78 is 1.83. The number of anilines is 1. The fourth-order valence-electron chi connectivity index (χ4n) is 1.87. The first kappa shape index (κ1) is 12.7. The molecule has 1 aromatic carbocycles. The second kappa shape index (κ2) is 5.75. The van der Waals surface area contributed by atoms with Gasteiger partial charge >= 0.3 is 0 Å². The molecule has 0 aliphatic heterocycles. The van der Waals surface area contributed by atoms with Gasteiger partial charge in [0, 0.05) is 18.9 Å². The van der Waals surface area contributed by atoms with Crippen LogP contribution in [0.5, 0.6) is 0 Å². The van der Waals surface area contributed by atoms with Crippen LogP contribution in [0, 0.1) is 0 Å². The largest absolute Gasteiger partial charge is 0.380 e. The zero-order valence-electron chi connectivity index (χ0n) is 10.7. The molecule has 0 spiro atoms. The molecule has 0 amide bonds. The van der Waals surface area contributed by atoms with Gasteiger partial charge in [-0.25, -0.2) is 9.67 Å². The third-order valence-electron chi connectivity index (χ3n) is 2.93. The van der Waals surface area contributed by atoms with Crippen LogP contribution in [0.2, 0.25) is 5.15 Å². The van der Waals surface area contributed by atoms with Crippen molar-refractivity contribution in [1.82, 2.24) is 14.8 Å². The van der Waals surface area contributed by atoms with Crippen LogP contribution in [0.1, 0.15) is 5.56 Å². The summed E-state index contributed by atoms with van der Waals surface area (Å²) in [7, 11) is 0. The molecule has 0 fully saturated rings. The third-order valence-corrected chi connectivity index (χ3v) is 3.15. The average Bonchev–Trinajstić information content (AvgIpc) is 3.01. The maximum atomic E-state index is 5.75. The Bertz CT molecular complexity index is 660. The molecule has 0 saturated carbocycles. The molecular weight excluding hydrogens is 272 g/mol. The van der Waals surface area contributed by atoms with E-state index < -0.39 is 0 Å². The average molecular weight is 285 g/mol. The molecule has 0 atom stereocenters. The second-order valence-electron chi connectivity index (χ2n) is 4.34. The zero-order chi connectivity index (χ0) is 13.8. The minimum absolute atomic E-state index is 0.499. The molecule has 0 unspecified atom stereocenters. The van der Waals surface area contributed by atoms with Crippen molar-refractivity contribution in [2.24, 2.45) is 0 Å². The first-order valence-electron chi connectivity index (χ1n) is 6.26. The van der Waals surface area contributed by atoms with Crippen molar-refractivity contribution in [3.8, 4) is 5.69 Å². The fourth-order valence-corrected chi connectivity index (χ4v) is 1.98. The van der Waals surface area contributed by atoms with E-state index in [-0.39, 0.29) is 0 Å². The Kier molecular flexibility index (Phi) is 3.65. The van der Waals surface area contributed by atoms with Crippen LogP contribution in [0.4, 0.5) is 5.69 Å². The summed E-state index contributed by atoms with van der Waals surface area (Å²) in [6, 6.07) is 13.8. The number of pyridine rings is 1. The monoisotopic (exact) mass is 284 g/mol. The van der Waals surface area contributed by atoms with E-state index >= 15 is 0 Å². The van der Waals surface area contributed by atoms with Gasteiger partial charge in [-0.05, 0) is 35.9 Å². The van der Waals surface area contributed by atoms with Gasteiger partial charge in [0.05, 0.1) is 17.6 Å². The molecule has 4 nitrogen and oxygen atoms in total. The second-order valence-corrected chi connectivity index (χ2v) is 4.73. The molecule has 3 rings (SSSR count). The number of aromatic nitrogens is 3. The fraction of sp³-hybridized carbons (Fsp3) is 0.0667. The normalized spacial score (nSPS) is 10.4. The predicted molar refractivity (Wildman–Crippen MR) is 80.1 cm³/mol. The summed E-state index contributed by atoms with van der Waals surface area (Å²) in [6.45, 7) is 0.739. The standard InChI is InChI=1S/C15H13ClN4/c16-15-7-4-13(11-18-15)17-10-12-2-5-14(6-3-12)20-9-1-8-19-20/h1-9,11,17H,10H2. The summed E-state index contributed by atoms with van der Waals surface area (Å²) in [5.74, 6) is 0. The molecule has 2 heterocycles. The van der Waals surface area contributed by atoms with E-state index in [9.17, 15) is 0 Å². The van der Waals surface area contributed by atoms with E-state index in [0.29, 0.717) is 5.15 Å². The topological polar surface area (TPSA) is 42.7 Å². The molecule has 0 aliphatic carbocycles. The van der Waals surface area contributed by atoms with E-state index in [4.69, 9.17) is 11.6 Å². The molecule has 0 radical (unpaired) electrons. The molecule has 0 bridgehead atoms. The number of hydrogen-bond donors (Lipinski definition) is 1. The number of halogens is 1. The van der Waals surface area contributed by atoms with Gasteiger partial charge in [0.2, 0.25) is 0 Å². The Hall–Kier alpha value is -2.33. The molecule has 100 valence electrons. The van der Waals surface area contributed by atoms with Gasteiger partial charge in [0.1, 0.15) is 5.15 Å². The molecule has 5 heteroatoms. The van der Waals surface area contributed by atoms with Gasteiger partial charge in [-0.15, -0.1) is 0 Å². The van der Waals surface area contributed by atoms with Gasteiger partial charge in [-0.3, -0.25) is 0 Å². The predicted octanol–water partition coefficient (Wildman–Crippen LogP) is 3.53. The molecule has 2 aromatic heterocycles. The highest BCUT2D eigenvalue weighted by Crippen LogP contribution is 2.13. The summed E-state index contributed by atoms with van der Waals surface area (Å²) >= 11 is 5.75. The van der Waals surface area contributed by atoms with Crippen LogP contribution in [0.25, 0.3) is 5.69 Å². The molecule has 3 aromatic rings. The lowest BCUT2D eigenvalue weighted by molar-refractivity contribution is 0.879. The van der Waals surface area contributed by atoms with Gasteiger partial charge in [-0.2, -0.15) is 5.10 Å². The van der Waals surface area contributed by atoms with Crippen molar-refractivity contribution in [3.05, 3.63) is 71.8 Å². The van der Waals surface area contributed by atoms with E-state index in [0.717, 1.165) is 17.9 Å². The zero-order valence-corrected chi connectivity index (χ0v) is 11.5. The van der Waals surface area contributed by atoms with Crippen molar-refractivity contribution in [2.45, 2.75) is 6.54 Å². The smallest absolute Gasteiger partial charge is 0.129 e. The van der Waals surface area contributed by atoms with Gasteiger partial charge < -0.3 is 5.32 Å². The van der Waals surface area contributed by atoms with Crippen molar-refractivity contribution >= 4 is 17.3 Å². The molecule has 0 aliphatic rings. The summed E-state index contributed by atoms with van der Waals surface area (Å²) in [5, 5.41) is 8.00. The van der Waals surface area contributed by atoms with Crippen LogP contribution in [-0.2, 0) is 6.54 Å². The number of benzene rings is 1. The van der Waals surface area contributed by atoms with E-state index in [1.807, 2.05) is 35.1 Å². The van der Waals surface area contributed by atoms with Gasteiger partial charge in [0.25, 0.3) is 0 Å². The van der Waals surface area contributed by atoms with Gasteiger partial charge in [-0.1, -0.05) is 23.7 Å². The highest BCUT2D eigenvalue weighted by atomic mass is 35.5. The molecule has 0 saturated heterocycles. The maximum absolute atomic E-state index is 5.75. The van der Waals surface area contributed by atoms with Crippen molar-refractivity contribution in [3.63, 3.8) is 0 Å². The minimum atomic E-state index is 0.499. The number of nitrogens with zero attached hydrogens (tertiary/aromatic N) is 3. The lowest BCUT2D eigenvalue weighted by Crippen LogP contribution is -2.00. The van der Waals surface area contributed by atoms with Crippen molar-refractivity contribution in [2.75, 3.05) is 5.32 Å². The molecular formula is C15H13ClN4. The SMILES string of the molecule is Clc1ccc(NCc2ccc(-n3cccn3)cc2)cn1. The molecule has 1 N–H and O–H groups in total. The third kappa shape index (κ3) is 2.97. The van der Waals surface area contributed by atoms with Gasteiger partial charge in [0.15, 0.2) is 0 Å². The Morgan fingerprint density at radius 3 is 2.60 bits per heavy atom. The Balaban J connectivity index is 1.65. The number of rotatable bonds is 4. The first-order chi connectivity index (χ1) is 9.81. The number of nitrogens with one attached hydrogen (secondary N) is 1. The number of hydrogen-bond acceptors (Lipinski definition) is 3. The lowest BCUT2D eigenvalue weighted by Gasteiger charge is -2.07. The van der Waals surface area contributed by atoms with Crippen LogP contribution in [-0.4, -0.2) is 14.8 Å². The maximum Gasteiger partial charge on any atom is 0.129 e. The molecule has 20 heavy (non-hydrogen) atoms. The summed E-state index contributed by atoms with van der Waals surface area (Å²) in [5.41, 5.74) is 3.19. The van der Waals surface area contributed by atoms with Crippen LogP contribution in [0.3, 0.4) is 0 Å². The van der Waals surface area contributed by atoms with Crippen LogP contribution < -0.4 is 5.32 Å². The highest BCUT2D eigenvalue weighted by molar-refractivity contribution is 6.29. The Labute approximate surface area is 122 Å². The van der Waals surface area contributed by atoms with Crippen molar-refractivity contribution in [1.29, 1.82) is 0 Å². The van der Waals surface area contributed by atoms with E-state index in [1.165, 1.54) is 5.56 Å². The summed E-state index contributed by atoms with van der Waals surface area (Å²) in [6.07, 6.45) is 5.41. The quantitative estimate of drug-likeness (QED) is 0.745. The van der Waals surface area contributed by atoms with Crippen molar-refractivity contribution < 1.29 is 0 Å². The van der Waals surface area contributed by atoms with Crippen LogP contribution >= 0.6 is 11.6 Å². The Morgan fingerprint density at radius 1 is 1.10 bits per heavy atom. The van der Waals surface area contributed by atoms with E-state index in [2.05, 4.69) is 27.5 Å². The highest BCUT2D eigenvalue weighted by Gasteiger charge is 1.98. The lowest BCUT2D eigenvalue weighted by atomic mass is 10.2. The minimum Gasteiger partial charge on any atom is -0.380 e.